The molecular weight excluding hydrogens is 132 g/mol. The van der Waals surface area contributed by atoms with Crippen LogP contribution in [0, 0.1) is 0 Å². The first kappa shape index (κ1) is 5.41. The first-order valence-corrected chi connectivity index (χ1v) is 2.92. The summed E-state index contributed by atoms with van der Waals surface area (Å²) in [5, 5.41) is 8.94. The van der Waals surface area contributed by atoms with Gasteiger partial charge in [-0.15, -0.1) is 0 Å². The molecule has 0 aromatic rings. The van der Waals surface area contributed by atoms with Crippen LogP contribution in [-0.4, -0.2) is 16.7 Å². The predicted octanol–water partition coefficient (Wildman–Crippen LogP) is 0.280. The van der Waals surface area contributed by atoms with Crippen molar-refractivity contribution in [3.05, 3.63) is 23.0 Å². The van der Waals surface area contributed by atoms with E-state index in [0.29, 0.717) is 17.6 Å². The summed E-state index contributed by atoms with van der Waals surface area (Å²) >= 11 is 0. The van der Waals surface area contributed by atoms with Crippen LogP contribution in [0.1, 0.15) is 6.42 Å². The Morgan fingerprint density at radius 1 is 1.30 bits per heavy atom. The molecule has 0 aromatic carbocycles. The lowest BCUT2D eigenvalue weighted by atomic mass is 10.1. The summed E-state index contributed by atoms with van der Waals surface area (Å²) in [6.45, 7) is 0. The van der Waals surface area contributed by atoms with Gasteiger partial charge in [0.1, 0.15) is 5.76 Å². The van der Waals surface area contributed by atoms with E-state index in [9.17, 15) is 9.59 Å². The Morgan fingerprint density at radius 2 is 2.00 bits per heavy atom. The zero-order valence-electron chi connectivity index (χ0n) is 5.05. The van der Waals surface area contributed by atoms with E-state index in [-0.39, 0.29) is 5.76 Å². The van der Waals surface area contributed by atoms with Crippen molar-refractivity contribution < 1.29 is 14.7 Å². The zero-order chi connectivity index (χ0) is 7.30. The summed E-state index contributed by atoms with van der Waals surface area (Å²) in [5.74, 6) is -1.08. The molecule has 0 saturated heterocycles. The second-order valence-corrected chi connectivity index (χ2v) is 2.36. The summed E-state index contributed by atoms with van der Waals surface area (Å²) in [4.78, 5) is 21.4. The molecule has 0 spiro atoms. The SMILES string of the molecule is O=C1C=C(O)C2=C(C2)C1=O. The molecule has 0 fully saturated rings. The second kappa shape index (κ2) is 1.37. The van der Waals surface area contributed by atoms with Crippen LogP contribution in [0.3, 0.4) is 0 Å². The van der Waals surface area contributed by atoms with E-state index in [2.05, 4.69) is 0 Å². The van der Waals surface area contributed by atoms with E-state index in [4.69, 9.17) is 5.11 Å². The minimum Gasteiger partial charge on any atom is -0.508 e. The van der Waals surface area contributed by atoms with Gasteiger partial charge in [0.15, 0.2) is 0 Å². The fourth-order valence-electron chi connectivity index (χ4n) is 1.02. The normalized spacial score (nSPS) is 22.6. The minimum absolute atomic E-state index is 0.0281. The number of hydrogen-bond acceptors (Lipinski definition) is 3. The first-order valence-electron chi connectivity index (χ1n) is 2.92. The van der Waals surface area contributed by atoms with Gasteiger partial charge in [-0.05, 0) is 0 Å². The summed E-state index contributed by atoms with van der Waals surface area (Å²) in [5.41, 5.74) is 1.13. The summed E-state index contributed by atoms with van der Waals surface area (Å²) in [6.07, 6.45) is 1.47. The highest BCUT2D eigenvalue weighted by Gasteiger charge is 2.37. The largest absolute Gasteiger partial charge is 0.508 e. The number of carbonyl (C=O) groups excluding carboxylic acids is 2. The van der Waals surface area contributed by atoms with E-state index in [1.165, 1.54) is 0 Å². The van der Waals surface area contributed by atoms with Crippen LogP contribution in [0.4, 0.5) is 0 Å². The predicted molar refractivity (Wildman–Crippen MR) is 32.4 cm³/mol. The Bertz CT molecular complexity index is 307. The summed E-state index contributed by atoms with van der Waals surface area (Å²) < 4.78 is 0. The molecule has 0 radical (unpaired) electrons. The van der Waals surface area contributed by atoms with Crippen molar-refractivity contribution in [1.82, 2.24) is 0 Å². The van der Waals surface area contributed by atoms with Gasteiger partial charge >= 0.3 is 0 Å². The molecule has 0 aliphatic heterocycles. The molecule has 50 valence electrons. The third-order valence-corrected chi connectivity index (χ3v) is 1.67. The van der Waals surface area contributed by atoms with Crippen molar-refractivity contribution in [1.29, 1.82) is 0 Å². The number of ketones is 2. The molecule has 2 aliphatic carbocycles. The van der Waals surface area contributed by atoms with Crippen LogP contribution in [-0.2, 0) is 9.59 Å². The van der Waals surface area contributed by atoms with Gasteiger partial charge in [0, 0.05) is 23.6 Å². The van der Waals surface area contributed by atoms with Crippen LogP contribution >= 0.6 is 0 Å². The van der Waals surface area contributed by atoms with Gasteiger partial charge in [-0.1, -0.05) is 0 Å². The van der Waals surface area contributed by atoms with E-state index < -0.39 is 11.6 Å². The van der Waals surface area contributed by atoms with Crippen LogP contribution in [0.2, 0.25) is 0 Å². The average molecular weight is 136 g/mol. The third-order valence-electron chi connectivity index (χ3n) is 1.67. The molecule has 0 amide bonds. The number of Topliss-reactive ketones (excluding diaryl/α,β-unsaturated/α-hetero) is 1. The van der Waals surface area contributed by atoms with Gasteiger partial charge in [-0.3, -0.25) is 9.59 Å². The molecule has 3 nitrogen and oxygen atoms in total. The standard InChI is InChI=1S/C7H4O3/c8-5-2-6(9)7(10)4-1-3(4)5/h2,8H,1H2. The van der Waals surface area contributed by atoms with Gasteiger partial charge in [0.05, 0.1) is 0 Å². The topological polar surface area (TPSA) is 54.4 Å². The number of rotatable bonds is 0. The lowest BCUT2D eigenvalue weighted by Crippen LogP contribution is -2.11. The second-order valence-electron chi connectivity index (χ2n) is 2.36. The molecule has 2 rings (SSSR count). The molecule has 3 heteroatoms. The molecule has 0 atom stereocenters. The molecule has 0 unspecified atom stereocenters. The van der Waals surface area contributed by atoms with Gasteiger partial charge in [0.2, 0.25) is 11.6 Å². The minimum atomic E-state index is -0.603. The molecule has 0 bridgehead atoms. The van der Waals surface area contributed by atoms with E-state index in [1.54, 1.807) is 0 Å². The Balaban J connectivity index is 2.50. The van der Waals surface area contributed by atoms with Crippen molar-refractivity contribution in [2.45, 2.75) is 6.42 Å². The fraction of sp³-hybridized carbons (Fsp3) is 0.143. The number of allylic oxidation sites excluding steroid dienone is 3. The molecular formula is C7H4O3. The lowest BCUT2D eigenvalue weighted by molar-refractivity contribution is -0.131. The monoisotopic (exact) mass is 136 g/mol. The van der Waals surface area contributed by atoms with Gasteiger partial charge < -0.3 is 5.11 Å². The van der Waals surface area contributed by atoms with E-state index in [0.717, 1.165) is 6.08 Å². The van der Waals surface area contributed by atoms with Crippen molar-refractivity contribution in [3.8, 4) is 0 Å². The maximum absolute atomic E-state index is 10.7. The quantitative estimate of drug-likeness (QED) is 0.384. The van der Waals surface area contributed by atoms with E-state index >= 15 is 0 Å². The van der Waals surface area contributed by atoms with Gasteiger partial charge in [-0.25, -0.2) is 0 Å². The van der Waals surface area contributed by atoms with Crippen molar-refractivity contribution in [2.75, 3.05) is 0 Å². The Morgan fingerprint density at radius 3 is 2.70 bits per heavy atom. The van der Waals surface area contributed by atoms with Crippen LogP contribution in [0.5, 0.6) is 0 Å². The van der Waals surface area contributed by atoms with E-state index in [1.807, 2.05) is 0 Å². The highest BCUT2D eigenvalue weighted by atomic mass is 16.3. The fourth-order valence-corrected chi connectivity index (χ4v) is 1.02. The molecule has 0 saturated carbocycles. The molecule has 10 heavy (non-hydrogen) atoms. The van der Waals surface area contributed by atoms with Crippen LogP contribution in [0.15, 0.2) is 23.0 Å². The summed E-state index contributed by atoms with van der Waals surface area (Å²) in [6, 6.07) is 0. The molecule has 2 aliphatic rings. The van der Waals surface area contributed by atoms with Crippen molar-refractivity contribution in [3.63, 3.8) is 0 Å². The number of aliphatic hydroxyl groups excluding tert-OH is 1. The smallest absolute Gasteiger partial charge is 0.229 e. The Labute approximate surface area is 56.7 Å². The van der Waals surface area contributed by atoms with Crippen molar-refractivity contribution in [2.24, 2.45) is 0 Å². The Kier molecular flexibility index (Phi) is 0.740. The summed E-state index contributed by atoms with van der Waals surface area (Å²) in [7, 11) is 0. The Hall–Kier alpha value is -1.38. The number of hydrogen-bond donors (Lipinski definition) is 1. The average Bonchev–Trinajstić information content (AvgIpc) is 2.61. The molecule has 0 heterocycles. The maximum Gasteiger partial charge on any atom is 0.229 e. The number of carbonyl (C=O) groups is 2. The van der Waals surface area contributed by atoms with Gasteiger partial charge in [0.25, 0.3) is 0 Å². The highest BCUT2D eigenvalue weighted by Crippen LogP contribution is 2.39. The zero-order valence-corrected chi connectivity index (χ0v) is 5.05. The molecule has 0 aromatic heterocycles. The van der Waals surface area contributed by atoms with Crippen molar-refractivity contribution >= 4 is 11.6 Å². The lowest BCUT2D eigenvalue weighted by Gasteiger charge is -1.94. The molecule has 1 N–H and O–H groups in total. The maximum atomic E-state index is 10.7. The van der Waals surface area contributed by atoms with Crippen LogP contribution < -0.4 is 0 Å². The van der Waals surface area contributed by atoms with Gasteiger partial charge in [-0.2, -0.15) is 0 Å². The number of aliphatic hydroxyl groups is 1. The van der Waals surface area contributed by atoms with Crippen LogP contribution in [0.25, 0.3) is 0 Å². The first-order chi connectivity index (χ1) is 4.70. The highest BCUT2D eigenvalue weighted by molar-refractivity contribution is 6.50. The third kappa shape index (κ3) is 0.492.